The normalized spacial score (nSPS) is 15.0. The van der Waals surface area contributed by atoms with Crippen LogP contribution in [0, 0.1) is 6.92 Å². The van der Waals surface area contributed by atoms with Gasteiger partial charge in [-0.1, -0.05) is 23.5 Å². The highest BCUT2D eigenvalue weighted by molar-refractivity contribution is 7.91. The molecule has 1 aromatic carbocycles. The summed E-state index contributed by atoms with van der Waals surface area (Å²) in [4.78, 5) is 29.5. The molecule has 1 fully saturated rings. The van der Waals surface area contributed by atoms with Crippen molar-refractivity contribution in [2.24, 2.45) is 5.14 Å². The molecule has 3 aromatic heterocycles. The number of thiazole rings is 2. The van der Waals surface area contributed by atoms with Crippen molar-refractivity contribution < 1.29 is 13.2 Å². The summed E-state index contributed by atoms with van der Waals surface area (Å²) < 4.78 is 24.5. The number of hydrogen-bond acceptors (Lipinski definition) is 8. The first-order valence-electron chi connectivity index (χ1n) is 9.71. The number of benzene rings is 1. The van der Waals surface area contributed by atoms with E-state index in [9.17, 15) is 13.2 Å². The van der Waals surface area contributed by atoms with Crippen molar-refractivity contribution in [1.82, 2.24) is 15.0 Å². The van der Waals surface area contributed by atoms with Crippen LogP contribution in [0.25, 0.3) is 21.5 Å². The molecule has 1 aliphatic heterocycles. The number of carbonyl (C=O) groups is 1. The summed E-state index contributed by atoms with van der Waals surface area (Å²) in [6, 6.07) is 9.29. The number of urea groups is 1. The number of fused-ring (bicyclic) bond motifs is 1. The lowest BCUT2D eigenvalue weighted by Crippen LogP contribution is -2.49. The van der Waals surface area contributed by atoms with Crippen molar-refractivity contribution in [2.45, 2.75) is 17.6 Å². The summed E-state index contributed by atoms with van der Waals surface area (Å²) >= 11 is 2.46. The standard InChI is InChI=1S/C20H18N6O3S3/c1-12-18(32(21,28)29)31-19(24-12)26-10-2-9-25(20(26)27)14-5-3-13(4-6-14)16-17-15(7-8-22-16)23-11-30-17/h3-8,11H,2,9-10H2,1H3,(H2,21,28,29). The average Bonchev–Trinajstić information content (AvgIpc) is 3.40. The van der Waals surface area contributed by atoms with Crippen LogP contribution in [0.4, 0.5) is 15.6 Å². The highest BCUT2D eigenvalue weighted by Gasteiger charge is 2.31. The fourth-order valence-corrected chi connectivity index (χ4v) is 6.45. The van der Waals surface area contributed by atoms with E-state index in [0.29, 0.717) is 23.9 Å². The predicted molar refractivity (Wildman–Crippen MR) is 126 cm³/mol. The summed E-state index contributed by atoms with van der Waals surface area (Å²) in [5.74, 6) is 0. The molecule has 1 saturated heterocycles. The molecule has 4 aromatic rings. The van der Waals surface area contributed by atoms with Crippen LogP contribution in [0.5, 0.6) is 0 Å². The molecule has 0 saturated carbocycles. The van der Waals surface area contributed by atoms with Gasteiger partial charge >= 0.3 is 6.03 Å². The molecular formula is C20H18N6O3S3. The lowest BCUT2D eigenvalue weighted by atomic mass is 10.1. The average molecular weight is 487 g/mol. The van der Waals surface area contributed by atoms with Gasteiger partial charge < -0.3 is 0 Å². The Balaban J connectivity index is 1.43. The van der Waals surface area contributed by atoms with E-state index in [2.05, 4.69) is 15.0 Å². The van der Waals surface area contributed by atoms with E-state index < -0.39 is 10.0 Å². The zero-order valence-electron chi connectivity index (χ0n) is 16.9. The quantitative estimate of drug-likeness (QED) is 0.470. The van der Waals surface area contributed by atoms with Crippen LogP contribution in [0.1, 0.15) is 12.1 Å². The monoisotopic (exact) mass is 486 g/mol. The molecule has 0 bridgehead atoms. The second-order valence-electron chi connectivity index (χ2n) is 7.26. The van der Waals surface area contributed by atoms with Gasteiger partial charge in [0.05, 0.1) is 27.1 Å². The fraction of sp³-hybridized carbons (Fsp3) is 0.200. The van der Waals surface area contributed by atoms with Crippen LogP contribution < -0.4 is 14.9 Å². The third-order valence-electron chi connectivity index (χ3n) is 5.16. The summed E-state index contributed by atoms with van der Waals surface area (Å²) in [6.45, 7) is 2.59. The summed E-state index contributed by atoms with van der Waals surface area (Å²) in [5, 5.41) is 5.60. The Bertz CT molecular complexity index is 1430. The van der Waals surface area contributed by atoms with Gasteiger partial charge in [-0.2, -0.15) is 0 Å². The Kier molecular flexibility index (Phi) is 5.16. The van der Waals surface area contributed by atoms with Crippen LogP contribution >= 0.6 is 22.7 Å². The van der Waals surface area contributed by atoms with Crippen molar-refractivity contribution in [3.05, 3.63) is 47.7 Å². The van der Waals surface area contributed by atoms with E-state index in [4.69, 9.17) is 5.14 Å². The molecule has 0 spiro atoms. The Morgan fingerprint density at radius 1 is 1.06 bits per heavy atom. The minimum atomic E-state index is -3.88. The zero-order valence-corrected chi connectivity index (χ0v) is 19.4. The summed E-state index contributed by atoms with van der Waals surface area (Å²) in [7, 11) is -3.88. The minimum Gasteiger partial charge on any atom is -0.294 e. The fourth-order valence-electron chi connectivity index (χ4n) is 3.69. The molecule has 1 aliphatic rings. The second-order valence-corrected chi connectivity index (χ2v) is 10.8. The number of carbonyl (C=O) groups excluding carboxylic acids is 1. The number of primary sulfonamides is 1. The van der Waals surface area contributed by atoms with Gasteiger partial charge in [0.1, 0.15) is 0 Å². The topological polar surface area (TPSA) is 122 Å². The Morgan fingerprint density at radius 3 is 2.53 bits per heavy atom. The van der Waals surface area contributed by atoms with Crippen molar-refractivity contribution in [1.29, 1.82) is 0 Å². The van der Waals surface area contributed by atoms with Crippen LogP contribution in [0.15, 0.2) is 46.2 Å². The largest absolute Gasteiger partial charge is 0.330 e. The van der Waals surface area contributed by atoms with Gasteiger partial charge in [0, 0.05) is 30.5 Å². The maximum absolute atomic E-state index is 13.2. The first-order valence-corrected chi connectivity index (χ1v) is 12.9. The third-order valence-corrected chi connectivity index (χ3v) is 8.74. The van der Waals surface area contributed by atoms with Gasteiger partial charge in [0.25, 0.3) is 0 Å². The number of pyridine rings is 1. The van der Waals surface area contributed by atoms with Crippen LogP contribution in [0.3, 0.4) is 0 Å². The van der Waals surface area contributed by atoms with Crippen molar-refractivity contribution in [3.63, 3.8) is 0 Å². The van der Waals surface area contributed by atoms with Crippen LogP contribution in [-0.4, -0.2) is 42.5 Å². The molecule has 4 heterocycles. The van der Waals surface area contributed by atoms with Gasteiger partial charge in [-0.05, 0) is 31.5 Å². The van der Waals surface area contributed by atoms with Gasteiger partial charge in [0.15, 0.2) is 9.34 Å². The number of sulfonamides is 1. The molecule has 0 atom stereocenters. The van der Waals surface area contributed by atoms with E-state index in [0.717, 1.165) is 44.9 Å². The van der Waals surface area contributed by atoms with E-state index in [1.165, 1.54) is 4.90 Å². The molecule has 9 nitrogen and oxygen atoms in total. The Labute approximate surface area is 192 Å². The van der Waals surface area contributed by atoms with Crippen molar-refractivity contribution >= 4 is 59.8 Å². The number of amides is 2. The lowest BCUT2D eigenvalue weighted by Gasteiger charge is -2.34. The van der Waals surface area contributed by atoms with E-state index in [1.807, 2.05) is 30.3 Å². The number of anilines is 2. The number of aromatic nitrogens is 3. The summed E-state index contributed by atoms with van der Waals surface area (Å²) in [6.07, 6.45) is 2.46. The molecule has 164 valence electrons. The molecule has 2 amide bonds. The van der Waals surface area contributed by atoms with E-state index in [-0.39, 0.29) is 10.2 Å². The maximum atomic E-state index is 13.2. The summed E-state index contributed by atoms with van der Waals surface area (Å²) in [5.41, 5.74) is 5.55. The first-order chi connectivity index (χ1) is 15.3. The third kappa shape index (κ3) is 3.64. The zero-order chi connectivity index (χ0) is 22.5. The lowest BCUT2D eigenvalue weighted by molar-refractivity contribution is 0.248. The van der Waals surface area contributed by atoms with Crippen molar-refractivity contribution in [2.75, 3.05) is 22.9 Å². The van der Waals surface area contributed by atoms with Gasteiger partial charge in [0.2, 0.25) is 10.0 Å². The Morgan fingerprint density at radius 2 is 1.81 bits per heavy atom. The molecule has 2 N–H and O–H groups in total. The molecule has 0 unspecified atom stereocenters. The molecule has 0 aliphatic carbocycles. The number of nitrogens with two attached hydrogens (primary N) is 1. The predicted octanol–water partition coefficient (Wildman–Crippen LogP) is 3.61. The van der Waals surface area contributed by atoms with Crippen molar-refractivity contribution in [3.8, 4) is 11.3 Å². The van der Waals surface area contributed by atoms with Gasteiger partial charge in [-0.25, -0.2) is 28.3 Å². The van der Waals surface area contributed by atoms with Crippen LogP contribution in [-0.2, 0) is 10.0 Å². The molecule has 12 heteroatoms. The Hall–Kier alpha value is -2.93. The minimum absolute atomic E-state index is 0.0217. The molecule has 5 rings (SSSR count). The first kappa shape index (κ1) is 20.9. The molecule has 32 heavy (non-hydrogen) atoms. The highest BCUT2D eigenvalue weighted by Crippen LogP contribution is 2.33. The van der Waals surface area contributed by atoms with Crippen LogP contribution in [0.2, 0.25) is 0 Å². The number of hydrogen-bond donors (Lipinski definition) is 1. The molecular weight excluding hydrogens is 468 g/mol. The smallest absolute Gasteiger partial charge is 0.294 e. The van der Waals surface area contributed by atoms with E-state index in [1.54, 1.807) is 34.9 Å². The van der Waals surface area contributed by atoms with Gasteiger partial charge in [-0.15, -0.1) is 11.3 Å². The number of nitrogens with zero attached hydrogens (tertiary/aromatic N) is 5. The highest BCUT2D eigenvalue weighted by atomic mass is 32.2. The van der Waals surface area contributed by atoms with Gasteiger partial charge in [-0.3, -0.25) is 14.8 Å². The SMILES string of the molecule is Cc1nc(N2CCCN(c3ccc(-c4nccc5ncsc45)cc3)C2=O)sc1S(N)(=O)=O. The molecule has 0 radical (unpaired) electrons. The second kappa shape index (κ2) is 7.89. The number of rotatable bonds is 4. The maximum Gasteiger partial charge on any atom is 0.330 e. The van der Waals surface area contributed by atoms with E-state index >= 15 is 0 Å². The number of aryl methyl sites for hydroxylation is 1.